The van der Waals surface area contributed by atoms with Gasteiger partial charge in [-0.3, -0.25) is 6.08 Å². The second-order valence-electron chi connectivity index (χ2n) is 7.15. The van der Waals surface area contributed by atoms with Crippen LogP contribution in [-0.4, -0.2) is 6.88 Å². The van der Waals surface area contributed by atoms with Crippen molar-refractivity contribution in [1.29, 1.82) is 0 Å². The van der Waals surface area contributed by atoms with E-state index in [1.54, 1.807) is 0 Å². The molecule has 0 nitrogen and oxygen atoms in total. The van der Waals surface area contributed by atoms with Gasteiger partial charge in [0.05, 0.1) is 0 Å². The van der Waals surface area contributed by atoms with Gasteiger partial charge in [-0.1, -0.05) is 75.6 Å². The van der Waals surface area contributed by atoms with Gasteiger partial charge in [-0.05, 0) is 6.42 Å². The molecule has 30 heavy (non-hydrogen) atoms. The molecule has 2 radical (unpaired) electrons. The van der Waals surface area contributed by atoms with Crippen molar-refractivity contribution in [3.63, 3.8) is 0 Å². The second-order valence-corrected chi connectivity index (χ2v) is 7.15. The molecule has 0 aliphatic heterocycles. The van der Waals surface area contributed by atoms with Crippen LogP contribution in [0.2, 0.25) is 0 Å². The number of aryl methyl sites for hydroxylation is 1. The summed E-state index contributed by atoms with van der Waals surface area (Å²) in [6, 6.07) is 21.6. The molecule has 4 rings (SSSR count). The topological polar surface area (TPSA) is 0 Å². The van der Waals surface area contributed by atoms with Crippen molar-refractivity contribution in [3.05, 3.63) is 104 Å². The van der Waals surface area contributed by atoms with Gasteiger partial charge in [-0.2, -0.15) is 11.1 Å². The van der Waals surface area contributed by atoms with Gasteiger partial charge in [0.2, 0.25) is 0 Å². The van der Waals surface area contributed by atoms with Crippen molar-refractivity contribution in [2.45, 2.75) is 41.0 Å². The van der Waals surface area contributed by atoms with E-state index in [1.807, 2.05) is 0 Å². The predicted molar refractivity (Wildman–Crippen MR) is 133 cm³/mol. The summed E-state index contributed by atoms with van der Waals surface area (Å²) in [6.45, 7) is 14.0. The zero-order valence-electron chi connectivity index (χ0n) is 19.6. The summed E-state index contributed by atoms with van der Waals surface area (Å²) in [5.74, 6) is 0.560. The molecule has 3 aromatic rings. The summed E-state index contributed by atoms with van der Waals surface area (Å²) in [5.41, 5.74) is 8.42. The first kappa shape index (κ1) is 28.6. The number of hydrogen-bond donors (Lipinski definition) is 0. The van der Waals surface area contributed by atoms with Gasteiger partial charge < -0.3 is 14.9 Å². The summed E-state index contributed by atoms with van der Waals surface area (Å²) < 4.78 is 0. The van der Waals surface area contributed by atoms with Crippen LogP contribution in [0.5, 0.6) is 0 Å². The summed E-state index contributed by atoms with van der Waals surface area (Å²) in [5, 5.41) is 2.72. The van der Waals surface area contributed by atoms with Crippen LogP contribution < -0.4 is 0 Å². The van der Waals surface area contributed by atoms with Crippen LogP contribution in [0.4, 0.5) is 0 Å². The standard InChI is InChI=1S/C17H15.C9H13.2CH3.Si.Zr/c1-2-13-12-15-10-6-7-11-16(15)17(13)14-8-4-3-5-9-14;1-6-5-7(2)9(4)8(6)3;;;;/h3-12H,2H2,1H3;6H,1-4H3;2*1H3;;/q4*-1;;. The molecule has 0 saturated carbocycles. The minimum atomic E-state index is 0. The Kier molecular flexibility index (Phi) is 13.2. The number of rotatable bonds is 2. The van der Waals surface area contributed by atoms with E-state index in [9.17, 15) is 0 Å². The van der Waals surface area contributed by atoms with Gasteiger partial charge >= 0.3 is 30.2 Å². The van der Waals surface area contributed by atoms with E-state index < -0.39 is 0 Å². The van der Waals surface area contributed by atoms with Gasteiger partial charge in [-0.25, -0.2) is 5.57 Å². The fourth-order valence-corrected chi connectivity index (χ4v) is 3.67. The Morgan fingerprint density at radius 3 is 1.97 bits per heavy atom. The molecule has 1 atom stereocenters. The quantitative estimate of drug-likeness (QED) is 0.252. The Hall–Kier alpha value is -1.37. The van der Waals surface area contributed by atoms with Crippen LogP contribution in [0, 0.1) is 26.8 Å². The van der Waals surface area contributed by atoms with Crippen molar-refractivity contribution in [1.82, 2.24) is 0 Å². The molecule has 1 unspecified atom stereocenters. The average molecular weight is 490 g/mol. The summed E-state index contributed by atoms with van der Waals surface area (Å²) in [4.78, 5) is 0. The van der Waals surface area contributed by atoms with E-state index in [1.165, 1.54) is 67.5 Å². The molecule has 0 fully saturated rings. The molecule has 0 saturated heterocycles. The van der Waals surface area contributed by atoms with E-state index in [0.29, 0.717) is 5.92 Å². The minimum absolute atomic E-state index is 0. The fraction of sp³-hybridized carbons (Fsp3) is 0.250. The molecule has 0 amide bonds. The van der Waals surface area contributed by atoms with E-state index in [-0.39, 0.29) is 14.9 Å². The Bertz CT molecular complexity index is 976. The predicted octanol–water partition coefficient (Wildman–Crippen LogP) is 8.03. The summed E-state index contributed by atoms with van der Waals surface area (Å²) in [7, 11) is 0. The molecule has 0 bridgehead atoms. The normalized spacial score (nSPS) is 14.4. The zero-order chi connectivity index (χ0) is 20.7. The first-order chi connectivity index (χ1) is 13.5. The van der Waals surface area contributed by atoms with Crippen LogP contribution in [0.15, 0.2) is 77.4 Å². The van der Waals surface area contributed by atoms with E-state index in [4.69, 9.17) is 0 Å². The first-order valence-electron chi connectivity index (χ1n) is 9.78. The van der Waals surface area contributed by atoms with E-state index in [2.05, 4.69) is 108 Å². The van der Waals surface area contributed by atoms with Gasteiger partial charge in [0, 0.05) is 0 Å². The molecule has 158 valence electrons. The van der Waals surface area contributed by atoms with Crippen LogP contribution in [0.25, 0.3) is 21.9 Å². The number of benzene rings is 2. The molecule has 3 aromatic carbocycles. The molecule has 1 aliphatic rings. The van der Waals surface area contributed by atoms with Gasteiger partial charge in [0.25, 0.3) is 0 Å². The third-order valence-electron chi connectivity index (χ3n) is 5.56. The molecule has 0 aromatic heterocycles. The number of fused-ring (bicyclic) bond motifs is 1. The van der Waals surface area contributed by atoms with Crippen molar-refractivity contribution in [3.8, 4) is 11.1 Å². The molecule has 0 N–H and O–H groups in total. The maximum absolute atomic E-state index is 3.36. The van der Waals surface area contributed by atoms with Crippen LogP contribution in [0.3, 0.4) is 0 Å². The molecular formula is C28H34SiZr-4. The molecule has 0 spiro atoms. The SMILES string of the molecule is CC1=[C-]C(C)C(C)=C1C.CCc1[cH-]c2ccccc2c1-c1ccccc1.[CH3-].[CH3-].[Si]=[Zr]. The average Bonchev–Trinajstić information content (AvgIpc) is 3.23. The van der Waals surface area contributed by atoms with Crippen molar-refractivity contribution in [2.24, 2.45) is 5.92 Å². The third kappa shape index (κ3) is 6.56. The zero-order valence-corrected chi connectivity index (χ0v) is 23.0. The van der Waals surface area contributed by atoms with Crippen LogP contribution in [0.1, 0.15) is 40.2 Å². The molecule has 2 heteroatoms. The number of hydrogen-bond acceptors (Lipinski definition) is 0. The van der Waals surface area contributed by atoms with Crippen LogP contribution in [-0.2, 0) is 29.8 Å². The molecule has 0 heterocycles. The van der Waals surface area contributed by atoms with E-state index >= 15 is 0 Å². The maximum atomic E-state index is 3.36. The van der Waals surface area contributed by atoms with Gasteiger partial charge in [-0.15, -0.1) is 53.1 Å². The number of allylic oxidation sites excluding steroid dienone is 4. The Labute approximate surface area is 202 Å². The Morgan fingerprint density at radius 2 is 1.50 bits per heavy atom. The second kappa shape index (κ2) is 13.8. The Morgan fingerprint density at radius 1 is 0.933 bits per heavy atom. The van der Waals surface area contributed by atoms with Gasteiger partial charge in [0.15, 0.2) is 0 Å². The fourth-order valence-electron chi connectivity index (χ4n) is 3.67. The molecule has 1 aliphatic carbocycles. The Balaban J connectivity index is 0.000000558. The third-order valence-corrected chi connectivity index (χ3v) is 5.56. The van der Waals surface area contributed by atoms with Gasteiger partial charge in [0.1, 0.15) is 0 Å². The summed E-state index contributed by atoms with van der Waals surface area (Å²) >= 11 is 1.36. The van der Waals surface area contributed by atoms with Crippen molar-refractivity contribution < 1.29 is 23.3 Å². The summed E-state index contributed by atoms with van der Waals surface area (Å²) in [6.07, 6.45) is 4.44. The van der Waals surface area contributed by atoms with E-state index in [0.717, 1.165) is 6.42 Å². The van der Waals surface area contributed by atoms with Crippen molar-refractivity contribution >= 4 is 17.7 Å². The molecular weight excluding hydrogens is 456 g/mol. The van der Waals surface area contributed by atoms with Crippen molar-refractivity contribution in [2.75, 3.05) is 0 Å². The monoisotopic (exact) mass is 488 g/mol. The first-order valence-corrected chi connectivity index (χ1v) is 14.0. The van der Waals surface area contributed by atoms with Crippen LogP contribution >= 0.6 is 0 Å².